The first-order valence-corrected chi connectivity index (χ1v) is 11.8. The van der Waals surface area contributed by atoms with Gasteiger partial charge in [0, 0.05) is 31.6 Å². The number of para-hydroxylation sites is 1. The predicted molar refractivity (Wildman–Crippen MR) is 130 cm³/mol. The highest BCUT2D eigenvalue weighted by Gasteiger charge is 2.44. The number of aliphatic hydroxyl groups is 1. The van der Waals surface area contributed by atoms with Crippen LogP contribution in [0.25, 0.3) is 11.0 Å². The van der Waals surface area contributed by atoms with Gasteiger partial charge in [-0.3, -0.25) is 14.5 Å². The summed E-state index contributed by atoms with van der Waals surface area (Å²) in [5.41, 5.74) is 1.28. The predicted octanol–water partition coefficient (Wildman–Crippen LogP) is 3.74. The van der Waals surface area contributed by atoms with Gasteiger partial charge < -0.3 is 23.9 Å². The van der Waals surface area contributed by atoms with Crippen molar-refractivity contribution < 1.29 is 28.6 Å². The molecule has 2 aliphatic rings. The Morgan fingerprint density at radius 2 is 1.89 bits per heavy atom. The van der Waals surface area contributed by atoms with Gasteiger partial charge in [0.25, 0.3) is 5.91 Å². The molecule has 1 saturated heterocycles. The maximum Gasteiger partial charge on any atom is 0.290 e. The fourth-order valence-corrected chi connectivity index (χ4v) is 4.79. The Labute approximate surface area is 203 Å². The zero-order valence-electron chi connectivity index (χ0n) is 19.6. The van der Waals surface area contributed by atoms with Crippen LogP contribution in [0.1, 0.15) is 28.6 Å². The molecule has 1 amide bonds. The van der Waals surface area contributed by atoms with Crippen molar-refractivity contribution in [2.24, 2.45) is 0 Å². The van der Waals surface area contributed by atoms with Gasteiger partial charge in [-0.25, -0.2) is 0 Å². The number of rotatable bonds is 8. The minimum atomic E-state index is -0.747. The maximum absolute atomic E-state index is 13.6. The summed E-state index contributed by atoms with van der Waals surface area (Å²) in [6, 6.07) is 15.4. The van der Waals surface area contributed by atoms with Crippen LogP contribution < -0.4 is 4.74 Å². The van der Waals surface area contributed by atoms with E-state index < -0.39 is 23.5 Å². The number of carbonyl (C=O) groups excluding carboxylic acids is 2. The van der Waals surface area contributed by atoms with Crippen LogP contribution in [0.4, 0.5) is 0 Å². The lowest BCUT2D eigenvalue weighted by atomic mass is 9.94. The lowest BCUT2D eigenvalue weighted by molar-refractivity contribution is -0.129. The van der Waals surface area contributed by atoms with E-state index in [1.54, 1.807) is 36.3 Å². The lowest BCUT2D eigenvalue weighted by Gasteiger charge is -2.30. The monoisotopic (exact) mass is 476 g/mol. The number of amides is 1. The molecule has 2 aromatic carbocycles. The Hall–Kier alpha value is -3.62. The molecule has 2 aliphatic heterocycles. The van der Waals surface area contributed by atoms with Crippen LogP contribution in [0.2, 0.25) is 0 Å². The average Bonchev–Trinajstić information content (AvgIpc) is 3.44. The molecule has 182 valence electrons. The summed E-state index contributed by atoms with van der Waals surface area (Å²) in [6.45, 7) is 4.30. The van der Waals surface area contributed by atoms with Crippen LogP contribution in [0.15, 0.2) is 70.3 Å². The zero-order valence-corrected chi connectivity index (χ0v) is 19.6. The van der Waals surface area contributed by atoms with Crippen LogP contribution in [0.3, 0.4) is 0 Å². The van der Waals surface area contributed by atoms with Crippen LogP contribution in [0, 0.1) is 0 Å². The molecule has 3 aromatic rings. The van der Waals surface area contributed by atoms with Crippen molar-refractivity contribution >= 4 is 22.7 Å². The number of fused-ring (bicyclic) bond motifs is 1. The molecule has 1 atom stereocenters. The minimum Gasteiger partial charge on any atom is -0.503 e. The second kappa shape index (κ2) is 9.93. The van der Waals surface area contributed by atoms with Gasteiger partial charge in [-0.15, -0.1) is 0 Å². The number of aliphatic hydroxyl groups excluding tert-OH is 1. The summed E-state index contributed by atoms with van der Waals surface area (Å²) < 4.78 is 16.6. The van der Waals surface area contributed by atoms with Gasteiger partial charge in [-0.2, -0.15) is 0 Å². The standard InChI is InChI=1S/C27H28N2O6/c1-33-20-8-4-7-19(16-20)24-23(25(30)22-17-18-6-2-3-9-21(18)35-22)26(31)27(32)29(24)11-5-10-28-12-14-34-15-13-28/h2-4,6-9,16-17,24,31H,5,10-15H2,1H3. The molecule has 8 nitrogen and oxygen atoms in total. The molecule has 0 aliphatic carbocycles. The van der Waals surface area contributed by atoms with Crippen molar-refractivity contribution in [3.63, 3.8) is 0 Å². The van der Waals surface area contributed by atoms with Gasteiger partial charge in [0.15, 0.2) is 11.5 Å². The maximum atomic E-state index is 13.6. The Kier molecular flexibility index (Phi) is 6.57. The number of hydrogen-bond acceptors (Lipinski definition) is 7. The number of ketones is 1. The van der Waals surface area contributed by atoms with Gasteiger partial charge in [0.1, 0.15) is 11.3 Å². The molecule has 0 bridgehead atoms. The summed E-state index contributed by atoms with van der Waals surface area (Å²) in [6.07, 6.45) is 0.700. The van der Waals surface area contributed by atoms with Crippen molar-refractivity contribution in [2.45, 2.75) is 12.5 Å². The minimum absolute atomic E-state index is 0.0219. The highest BCUT2D eigenvalue weighted by atomic mass is 16.5. The third kappa shape index (κ3) is 4.54. The average molecular weight is 477 g/mol. The first-order chi connectivity index (χ1) is 17.1. The van der Waals surface area contributed by atoms with E-state index in [4.69, 9.17) is 13.9 Å². The molecular formula is C27H28N2O6. The van der Waals surface area contributed by atoms with E-state index in [1.165, 1.54) is 0 Å². The van der Waals surface area contributed by atoms with E-state index in [0.717, 1.165) is 25.0 Å². The van der Waals surface area contributed by atoms with Crippen molar-refractivity contribution in [3.05, 3.63) is 77.3 Å². The quantitative estimate of drug-likeness (QED) is 0.495. The number of hydrogen-bond donors (Lipinski definition) is 1. The summed E-state index contributed by atoms with van der Waals surface area (Å²) in [7, 11) is 1.56. The highest BCUT2D eigenvalue weighted by Crippen LogP contribution is 2.40. The summed E-state index contributed by atoms with van der Waals surface area (Å²) in [5, 5.41) is 11.7. The van der Waals surface area contributed by atoms with E-state index in [9.17, 15) is 14.7 Å². The molecule has 1 fully saturated rings. The summed E-state index contributed by atoms with van der Waals surface area (Å²) in [5.74, 6) is -0.904. The molecule has 3 heterocycles. The SMILES string of the molecule is COc1cccc(C2C(C(=O)c3cc4ccccc4o3)=C(O)C(=O)N2CCCN2CCOCC2)c1. The van der Waals surface area contributed by atoms with Crippen molar-refractivity contribution in [3.8, 4) is 5.75 Å². The zero-order chi connectivity index (χ0) is 24.4. The van der Waals surface area contributed by atoms with E-state index in [1.807, 2.05) is 30.3 Å². The fourth-order valence-electron chi connectivity index (χ4n) is 4.79. The van der Waals surface area contributed by atoms with Gasteiger partial charge in [-0.1, -0.05) is 30.3 Å². The van der Waals surface area contributed by atoms with Gasteiger partial charge in [0.2, 0.25) is 5.78 Å². The summed E-state index contributed by atoms with van der Waals surface area (Å²) >= 11 is 0. The molecule has 1 aromatic heterocycles. The van der Waals surface area contributed by atoms with Crippen LogP contribution >= 0.6 is 0 Å². The second-order valence-corrected chi connectivity index (χ2v) is 8.73. The van der Waals surface area contributed by atoms with E-state index in [2.05, 4.69) is 4.90 Å². The third-order valence-electron chi connectivity index (χ3n) is 6.58. The van der Waals surface area contributed by atoms with Crippen molar-refractivity contribution in [1.82, 2.24) is 9.80 Å². The van der Waals surface area contributed by atoms with E-state index in [-0.39, 0.29) is 11.3 Å². The second-order valence-electron chi connectivity index (χ2n) is 8.73. The Morgan fingerprint density at radius 3 is 2.66 bits per heavy atom. The molecule has 0 radical (unpaired) electrons. The number of Topliss-reactive ketones (excluding diaryl/α,β-unsaturated/α-hetero) is 1. The van der Waals surface area contributed by atoms with Gasteiger partial charge >= 0.3 is 0 Å². The number of furan rings is 1. The van der Waals surface area contributed by atoms with E-state index in [0.29, 0.717) is 43.1 Å². The van der Waals surface area contributed by atoms with Crippen LogP contribution in [0.5, 0.6) is 5.75 Å². The van der Waals surface area contributed by atoms with Crippen molar-refractivity contribution in [2.75, 3.05) is 46.5 Å². The molecule has 5 rings (SSSR count). The smallest absolute Gasteiger partial charge is 0.290 e. The third-order valence-corrected chi connectivity index (χ3v) is 6.58. The first kappa shape index (κ1) is 23.1. The number of benzene rings is 2. The molecule has 35 heavy (non-hydrogen) atoms. The molecular weight excluding hydrogens is 448 g/mol. The Bertz CT molecular complexity index is 1240. The number of nitrogens with zero attached hydrogens (tertiary/aromatic N) is 2. The van der Waals surface area contributed by atoms with E-state index >= 15 is 0 Å². The lowest BCUT2D eigenvalue weighted by Crippen LogP contribution is -2.39. The fraction of sp³-hybridized carbons (Fsp3) is 0.333. The summed E-state index contributed by atoms with van der Waals surface area (Å²) in [4.78, 5) is 30.7. The number of ether oxygens (including phenoxy) is 2. The number of morpholine rings is 1. The normalized spacial score (nSPS) is 19.1. The molecule has 0 spiro atoms. The van der Waals surface area contributed by atoms with Crippen LogP contribution in [-0.4, -0.2) is 73.1 Å². The number of methoxy groups -OCH3 is 1. The first-order valence-electron chi connectivity index (χ1n) is 11.8. The number of carbonyl (C=O) groups is 2. The molecule has 1 N–H and O–H groups in total. The molecule has 0 saturated carbocycles. The topological polar surface area (TPSA) is 92.5 Å². The highest BCUT2D eigenvalue weighted by molar-refractivity contribution is 6.16. The Balaban J connectivity index is 1.47. The van der Waals surface area contributed by atoms with Crippen molar-refractivity contribution in [1.29, 1.82) is 0 Å². The largest absolute Gasteiger partial charge is 0.503 e. The van der Waals surface area contributed by atoms with Gasteiger partial charge in [0.05, 0.1) is 31.9 Å². The Morgan fingerprint density at radius 1 is 1.09 bits per heavy atom. The van der Waals surface area contributed by atoms with Gasteiger partial charge in [-0.05, 0) is 36.2 Å². The molecule has 8 heteroatoms. The molecule has 1 unspecified atom stereocenters. The van der Waals surface area contributed by atoms with Crippen LogP contribution in [-0.2, 0) is 9.53 Å².